The number of para-hydroxylation sites is 2. The van der Waals surface area contributed by atoms with Crippen LogP contribution in [0.15, 0.2) is 24.3 Å². The highest BCUT2D eigenvalue weighted by molar-refractivity contribution is 6.01. The second-order valence-corrected chi connectivity index (χ2v) is 5.09. The Kier molecular flexibility index (Phi) is 4.83. The van der Waals surface area contributed by atoms with Gasteiger partial charge < -0.3 is 14.5 Å². The average molecular weight is 290 g/mol. The van der Waals surface area contributed by atoms with Crippen molar-refractivity contribution in [3.63, 3.8) is 0 Å². The lowest BCUT2D eigenvalue weighted by molar-refractivity contribution is -0.135. The smallest absolute Gasteiger partial charge is 0.227 e. The van der Waals surface area contributed by atoms with Crippen LogP contribution in [0.4, 0.5) is 5.69 Å². The van der Waals surface area contributed by atoms with E-state index < -0.39 is 0 Å². The van der Waals surface area contributed by atoms with Crippen molar-refractivity contribution in [1.29, 1.82) is 0 Å². The maximum atomic E-state index is 12.4. The topological polar surface area (TPSA) is 49.9 Å². The number of benzene rings is 1. The van der Waals surface area contributed by atoms with Crippen LogP contribution in [-0.2, 0) is 9.59 Å². The first-order valence-electron chi connectivity index (χ1n) is 7.34. The summed E-state index contributed by atoms with van der Waals surface area (Å²) in [6, 6.07) is 7.40. The van der Waals surface area contributed by atoms with Gasteiger partial charge in [0, 0.05) is 26.1 Å². The van der Waals surface area contributed by atoms with Gasteiger partial charge in [-0.3, -0.25) is 9.59 Å². The summed E-state index contributed by atoms with van der Waals surface area (Å²) < 4.78 is 5.30. The molecule has 0 aliphatic carbocycles. The zero-order chi connectivity index (χ0) is 15.4. The molecular weight excluding hydrogens is 268 g/mol. The highest BCUT2D eigenvalue weighted by Gasteiger charge is 2.37. The highest BCUT2D eigenvalue weighted by Crippen LogP contribution is 2.33. The van der Waals surface area contributed by atoms with Crippen molar-refractivity contribution in [2.75, 3.05) is 31.6 Å². The van der Waals surface area contributed by atoms with Crippen LogP contribution < -0.4 is 9.64 Å². The molecule has 21 heavy (non-hydrogen) atoms. The monoisotopic (exact) mass is 290 g/mol. The molecule has 0 spiro atoms. The summed E-state index contributed by atoms with van der Waals surface area (Å²) in [5.74, 6) is 0.430. The van der Waals surface area contributed by atoms with Gasteiger partial charge in [0.05, 0.1) is 18.7 Å². The molecule has 1 aromatic rings. The molecule has 1 aromatic carbocycles. The fraction of sp³-hybridized carbons (Fsp3) is 0.500. The van der Waals surface area contributed by atoms with E-state index >= 15 is 0 Å². The van der Waals surface area contributed by atoms with Crippen molar-refractivity contribution < 1.29 is 14.3 Å². The van der Waals surface area contributed by atoms with E-state index in [1.165, 1.54) is 0 Å². The fourth-order valence-corrected chi connectivity index (χ4v) is 2.75. The molecule has 5 heteroatoms. The number of rotatable bonds is 5. The molecule has 0 saturated carbocycles. The van der Waals surface area contributed by atoms with Gasteiger partial charge in [0.25, 0.3) is 0 Å². The number of carbonyl (C=O) groups is 2. The number of ether oxygens (including phenoxy) is 1. The first kappa shape index (κ1) is 15.4. The predicted molar refractivity (Wildman–Crippen MR) is 81.4 cm³/mol. The van der Waals surface area contributed by atoms with Gasteiger partial charge in [-0.05, 0) is 26.0 Å². The Balaban J connectivity index is 2.18. The number of amides is 2. The first-order chi connectivity index (χ1) is 10.1. The van der Waals surface area contributed by atoms with Gasteiger partial charge in [-0.25, -0.2) is 0 Å². The van der Waals surface area contributed by atoms with E-state index in [1.54, 1.807) is 16.9 Å². The summed E-state index contributed by atoms with van der Waals surface area (Å²) in [6.45, 7) is 5.68. The van der Waals surface area contributed by atoms with Crippen LogP contribution in [0, 0.1) is 5.92 Å². The average Bonchev–Trinajstić information content (AvgIpc) is 2.90. The molecule has 1 unspecified atom stereocenters. The quantitative estimate of drug-likeness (QED) is 0.832. The van der Waals surface area contributed by atoms with Crippen molar-refractivity contribution in [3.8, 4) is 5.75 Å². The second kappa shape index (κ2) is 6.61. The summed E-state index contributed by atoms with van der Waals surface area (Å²) in [5.41, 5.74) is 0.736. The predicted octanol–water partition coefficient (Wildman–Crippen LogP) is 1.92. The van der Waals surface area contributed by atoms with Crippen LogP contribution in [0.25, 0.3) is 0 Å². The van der Waals surface area contributed by atoms with Crippen molar-refractivity contribution in [2.45, 2.75) is 20.3 Å². The number of methoxy groups -OCH3 is 1. The molecule has 2 rings (SSSR count). The number of hydrogen-bond acceptors (Lipinski definition) is 3. The molecule has 1 heterocycles. The Labute approximate surface area is 125 Å². The van der Waals surface area contributed by atoms with Crippen LogP contribution in [-0.4, -0.2) is 43.5 Å². The third-order valence-electron chi connectivity index (χ3n) is 3.93. The van der Waals surface area contributed by atoms with Crippen LogP contribution in [0.5, 0.6) is 5.75 Å². The number of hydrogen-bond donors (Lipinski definition) is 0. The molecule has 1 aliphatic rings. The molecule has 0 aromatic heterocycles. The summed E-state index contributed by atoms with van der Waals surface area (Å²) in [7, 11) is 1.58. The van der Waals surface area contributed by atoms with Gasteiger partial charge in [-0.2, -0.15) is 0 Å². The number of anilines is 1. The molecule has 0 N–H and O–H groups in total. The molecule has 0 radical (unpaired) electrons. The Morgan fingerprint density at radius 3 is 2.62 bits per heavy atom. The number of nitrogens with zero attached hydrogens (tertiary/aromatic N) is 2. The molecule has 5 nitrogen and oxygen atoms in total. The standard InChI is InChI=1S/C16H22N2O3/c1-4-17(5-2)16(20)12-10-15(19)18(11-12)13-8-6-7-9-14(13)21-3/h6-9,12H,4-5,10-11H2,1-3H3. The molecule has 114 valence electrons. The van der Waals surface area contributed by atoms with Crippen molar-refractivity contribution in [3.05, 3.63) is 24.3 Å². The SMILES string of the molecule is CCN(CC)C(=O)C1CC(=O)N(c2ccccc2OC)C1. The zero-order valence-electron chi connectivity index (χ0n) is 12.8. The third-order valence-corrected chi connectivity index (χ3v) is 3.93. The minimum atomic E-state index is -0.262. The summed E-state index contributed by atoms with van der Waals surface area (Å²) in [4.78, 5) is 28.1. The third kappa shape index (κ3) is 3.01. The maximum Gasteiger partial charge on any atom is 0.227 e. The van der Waals surface area contributed by atoms with Crippen molar-refractivity contribution >= 4 is 17.5 Å². The van der Waals surface area contributed by atoms with Crippen molar-refractivity contribution in [2.24, 2.45) is 5.92 Å². The lowest BCUT2D eigenvalue weighted by atomic mass is 10.1. The minimum absolute atomic E-state index is 0.0231. The molecule has 1 fully saturated rings. The van der Waals surface area contributed by atoms with Crippen LogP contribution in [0.1, 0.15) is 20.3 Å². The summed E-state index contributed by atoms with van der Waals surface area (Å²) in [6.07, 6.45) is 0.271. The normalized spacial score (nSPS) is 18.0. The molecule has 1 aliphatic heterocycles. The van der Waals surface area contributed by atoms with Gasteiger partial charge in [-0.1, -0.05) is 12.1 Å². The second-order valence-electron chi connectivity index (χ2n) is 5.09. The highest BCUT2D eigenvalue weighted by atomic mass is 16.5. The zero-order valence-corrected chi connectivity index (χ0v) is 12.8. The van der Waals surface area contributed by atoms with Gasteiger partial charge >= 0.3 is 0 Å². The van der Waals surface area contributed by atoms with Crippen LogP contribution in [0.3, 0.4) is 0 Å². The van der Waals surface area contributed by atoms with E-state index in [2.05, 4.69) is 0 Å². The minimum Gasteiger partial charge on any atom is -0.495 e. The Bertz CT molecular complexity index is 526. The molecule has 1 atom stereocenters. The van der Waals surface area contributed by atoms with Crippen LogP contribution in [0.2, 0.25) is 0 Å². The Hall–Kier alpha value is -2.04. The van der Waals surface area contributed by atoms with E-state index in [1.807, 2.05) is 38.1 Å². The summed E-state index contributed by atoms with van der Waals surface area (Å²) >= 11 is 0. The van der Waals surface area contributed by atoms with E-state index in [9.17, 15) is 9.59 Å². The molecule has 2 amide bonds. The largest absolute Gasteiger partial charge is 0.495 e. The van der Waals surface area contributed by atoms with Gasteiger partial charge in [0.15, 0.2) is 0 Å². The lowest BCUT2D eigenvalue weighted by Gasteiger charge is -2.23. The molecular formula is C16H22N2O3. The summed E-state index contributed by atoms with van der Waals surface area (Å²) in [5, 5.41) is 0. The lowest BCUT2D eigenvalue weighted by Crippen LogP contribution is -2.37. The molecule has 1 saturated heterocycles. The van der Waals surface area contributed by atoms with E-state index in [0.29, 0.717) is 25.4 Å². The Morgan fingerprint density at radius 1 is 1.33 bits per heavy atom. The van der Waals surface area contributed by atoms with Crippen LogP contribution >= 0.6 is 0 Å². The van der Waals surface area contributed by atoms with Gasteiger partial charge in [0.2, 0.25) is 11.8 Å². The molecule has 0 bridgehead atoms. The number of carbonyl (C=O) groups excluding carboxylic acids is 2. The van der Waals surface area contributed by atoms with E-state index in [0.717, 1.165) is 5.69 Å². The van der Waals surface area contributed by atoms with Gasteiger partial charge in [-0.15, -0.1) is 0 Å². The first-order valence-corrected chi connectivity index (χ1v) is 7.34. The fourth-order valence-electron chi connectivity index (χ4n) is 2.75. The van der Waals surface area contributed by atoms with E-state index in [4.69, 9.17) is 4.74 Å². The maximum absolute atomic E-state index is 12.4. The Morgan fingerprint density at radius 2 is 2.00 bits per heavy atom. The van der Waals surface area contributed by atoms with Gasteiger partial charge in [0.1, 0.15) is 5.75 Å². The van der Waals surface area contributed by atoms with E-state index in [-0.39, 0.29) is 24.2 Å². The van der Waals surface area contributed by atoms with Crippen molar-refractivity contribution in [1.82, 2.24) is 4.90 Å².